The fourth-order valence-electron chi connectivity index (χ4n) is 1.11. The summed E-state index contributed by atoms with van der Waals surface area (Å²) in [5.41, 5.74) is 5.50. The van der Waals surface area contributed by atoms with Gasteiger partial charge >= 0.3 is 4.87 Å². The van der Waals surface area contributed by atoms with Crippen molar-refractivity contribution in [3.63, 3.8) is 0 Å². The maximum Gasteiger partial charge on any atom is 0.307 e. The highest BCUT2D eigenvalue weighted by Gasteiger charge is 2.13. The first-order valence-corrected chi connectivity index (χ1v) is 5.68. The van der Waals surface area contributed by atoms with E-state index in [0.717, 1.165) is 11.3 Å². The Morgan fingerprint density at radius 3 is 2.76 bits per heavy atom. The zero-order valence-electron chi connectivity index (χ0n) is 9.17. The number of hydrogen-bond acceptors (Lipinski definition) is 5. The van der Waals surface area contributed by atoms with E-state index in [0.29, 0.717) is 5.69 Å². The fraction of sp³-hybridized carbons (Fsp3) is 0.444. The molecule has 1 rings (SSSR count). The molecule has 0 saturated heterocycles. The molecule has 1 unspecified atom stereocenters. The number of aliphatic hydroxyl groups is 1. The highest BCUT2D eigenvalue weighted by molar-refractivity contribution is 7.07. The number of amides is 2. The Labute approximate surface area is 101 Å². The maximum absolute atomic E-state index is 11.4. The van der Waals surface area contributed by atoms with E-state index in [2.05, 4.69) is 5.32 Å². The number of nitrogens with one attached hydrogen (secondary N) is 1. The summed E-state index contributed by atoms with van der Waals surface area (Å²) < 4.78 is 1.30. The van der Waals surface area contributed by atoms with E-state index in [1.807, 2.05) is 0 Å². The first-order valence-electron chi connectivity index (χ1n) is 4.81. The normalized spacial score (nSPS) is 12.1. The molecule has 2 amide bonds. The molecule has 1 atom stereocenters. The number of nitrogens with two attached hydrogens (primary N) is 1. The SMILES string of the molecule is Cc1csc(=O)n1CC(=O)NCC(O)C(N)=O. The van der Waals surface area contributed by atoms with Gasteiger partial charge in [0.25, 0.3) is 0 Å². The molecule has 0 aliphatic heterocycles. The third kappa shape index (κ3) is 3.68. The molecule has 0 fully saturated rings. The lowest BCUT2D eigenvalue weighted by Crippen LogP contribution is -2.41. The summed E-state index contributed by atoms with van der Waals surface area (Å²) in [5, 5.41) is 13.0. The third-order valence-electron chi connectivity index (χ3n) is 2.10. The smallest absolute Gasteiger partial charge is 0.307 e. The molecule has 4 N–H and O–H groups in total. The molecular formula is C9H13N3O4S. The number of aryl methyl sites for hydroxylation is 1. The van der Waals surface area contributed by atoms with Gasteiger partial charge in [-0.3, -0.25) is 19.0 Å². The molecular weight excluding hydrogens is 246 g/mol. The third-order valence-corrected chi connectivity index (χ3v) is 2.98. The van der Waals surface area contributed by atoms with Crippen molar-refractivity contribution in [2.24, 2.45) is 5.73 Å². The number of carbonyl (C=O) groups excluding carboxylic acids is 2. The molecule has 7 nitrogen and oxygen atoms in total. The minimum atomic E-state index is -1.42. The van der Waals surface area contributed by atoms with Crippen molar-refractivity contribution in [2.75, 3.05) is 6.54 Å². The number of carbonyl (C=O) groups is 2. The molecule has 0 bridgehead atoms. The van der Waals surface area contributed by atoms with Gasteiger partial charge in [-0.25, -0.2) is 0 Å². The van der Waals surface area contributed by atoms with Crippen LogP contribution in [0, 0.1) is 6.92 Å². The number of aliphatic hydroxyl groups excluding tert-OH is 1. The Morgan fingerprint density at radius 1 is 1.65 bits per heavy atom. The van der Waals surface area contributed by atoms with E-state index in [4.69, 9.17) is 10.8 Å². The molecule has 0 aliphatic rings. The van der Waals surface area contributed by atoms with Crippen LogP contribution in [0.3, 0.4) is 0 Å². The average Bonchev–Trinajstić information content (AvgIpc) is 2.57. The average molecular weight is 259 g/mol. The van der Waals surface area contributed by atoms with E-state index in [1.54, 1.807) is 12.3 Å². The summed E-state index contributed by atoms with van der Waals surface area (Å²) in [6.07, 6.45) is -1.42. The van der Waals surface area contributed by atoms with E-state index in [-0.39, 0.29) is 18.0 Å². The van der Waals surface area contributed by atoms with Crippen molar-refractivity contribution in [1.29, 1.82) is 0 Å². The van der Waals surface area contributed by atoms with Gasteiger partial charge in [0.1, 0.15) is 12.6 Å². The van der Waals surface area contributed by atoms with Crippen molar-refractivity contribution in [3.8, 4) is 0 Å². The predicted molar refractivity (Wildman–Crippen MR) is 61.5 cm³/mol. The second-order valence-corrected chi connectivity index (χ2v) is 4.27. The van der Waals surface area contributed by atoms with E-state index in [9.17, 15) is 14.4 Å². The molecule has 8 heteroatoms. The van der Waals surface area contributed by atoms with Gasteiger partial charge in [0.05, 0.1) is 6.54 Å². The lowest BCUT2D eigenvalue weighted by Gasteiger charge is -2.09. The first kappa shape index (κ1) is 13.4. The Morgan fingerprint density at radius 2 is 2.29 bits per heavy atom. The van der Waals surface area contributed by atoms with E-state index in [1.165, 1.54) is 4.57 Å². The van der Waals surface area contributed by atoms with Gasteiger partial charge in [-0.2, -0.15) is 0 Å². The number of nitrogens with zero attached hydrogens (tertiary/aromatic N) is 1. The second-order valence-electron chi connectivity index (χ2n) is 3.45. The van der Waals surface area contributed by atoms with Gasteiger partial charge in [-0.1, -0.05) is 11.3 Å². The van der Waals surface area contributed by atoms with Crippen LogP contribution in [-0.4, -0.2) is 34.1 Å². The molecule has 0 radical (unpaired) electrons. The molecule has 0 aliphatic carbocycles. The molecule has 1 heterocycles. The van der Waals surface area contributed by atoms with Crippen LogP contribution in [0.5, 0.6) is 0 Å². The summed E-state index contributed by atoms with van der Waals surface area (Å²) in [4.78, 5) is 33.0. The van der Waals surface area contributed by atoms with Gasteiger partial charge < -0.3 is 16.2 Å². The summed E-state index contributed by atoms with van der Waals surface area (Å²) in [7, 11) is 0. The lowest BCUT2D eigenvalue weighted by atomic mass is 10.3. The molecule has 17 heavy (non-hydrogen) atoms. The number of aromatic nitrogens is 1. The predicted octanol–water partition coefficient (Wildman–Crippen LogP) is -1.82. The van der Waals surface area contributed by atoms with Crippen LogP contribution in [0.2, 0.25) is 0 Å². The minimum absolute atomic E-state index is 0.139. The summed E-state index contributed by atoms with van der Waals surface area (Å²) >= 11 is 1.01. The Kier molecular flexibility index (Phi) is 4.41. The van der Waals surface area contributed by atoms with Crippen LogP contribution in [0.15, 0.2) is 10.2 Å². The van der Waals surface area contributed by atoms with Gasteiger partial charge in [-0.05, 0) is 6.92 Å². The molecule has 1 aromatic rings. The molecule has 0 aromatic carbocycles. The van der Waals surface area contributed by atoms with Crippen LogP contribution in [-0.2, 0) is 16.1 Å². The van der Waals surface area contributed by atoms with Crippen LogP contribution in [0.25, 0.3) is 0 Å². The van der Waals surface area contributed by atoms with Crippen LogP contribution >= 0.6 is 11.3 Å². The molecule has 1 aromatic heterocycles. The van der Waals surface area contributed by atoms with E-state index >= 15 is 0 Å². The highest BCUT2D eigenvalue weighted by atomic mass is 32.1. The van der Waals surface area contributed by atoms with Crippen molar-refractivity contribution in [3.05, 3.63) is 20.7 Å². The quantitative estimate of drug-likeness (QED) is 0.577. The van der Waals surface area contributed by atoms with Gasteiger partial charge in [0.15, 0.2) is 0 Å². The van der Waals surface area contributed by atoms with Gasteiger partial charge in [0, 0.05) is 11.1 Å². The van der Waals surface area contributed by atoms with Gasteiger partial charge in [-0.15, -0.1) is 0 Å². The van der Waals surface area contributed by atoms with Crippen LogP contribution in [0.1, 0.15) is 5.69 Å². The van der Waals surface area contributed by atoms with Crippen molar-refractivity contribution in [2.45, 2.75) is 19.6 Å². The highest BCUT2D eigenvalue weighted by Crippen LogP contribution is 1.98. The topological polar surface area (TPSA) is 114 Å². The standard InChI is InChI=1S/C9H13N3O4S/c1-5-4-17-9(16)12(5)3-7(14)11-2-6(13)8(10)15/h4,6,13H,2-3H2,1H3,(H2,10,15)(H,11,14). The Hall–Kier alpha value is -1.67. The lowest BCUT2D eigenvalue weighted by molar-refractivity contribution is -0.127. The van der Waals surface area contributed by atoms with E-state index < -0.39 is 17.9 Å². The Balaban J connectivity index is 2.51. The minimum Gasteiger partial charge on any atom is -0.381 e. The van der Waals surface area contributed by atoms with Crippen molar-refractivity contribution < 1.29 is 14.7 Å². The molecule has 0 saturated carbocycles. The van der Waals surface area contributed by atoms with Crippen molar-refractivity contribution >= 4 is 23.2 Å². The first-order chi connectivity index (χ1) is 7.91. The number of hydrogen-bond donors (Lipinski definition) is 3. The number of rotatable bonds is 5. The number of primary amides is 1. The second kappa shape index (κ2) is 5.60. The Bertz CT molecular complexity index is 479. The van der Waals surface area contributed by atoms with Gasteiger partial charge in [0.2, 0.25) is 11.8 Å². The molecule has 0 spiro atoms. The zero-order chi connectivity index (χ0) is 13.0. The summed E-state index contributed by atoms with van der Waals surface area (Å²) in [6, 6.07) is 0. The number of thiazole rings is 1. The molecule has 94 valence electrons. The zero-order valence-corrected chi connectivity index (χ0v) is 9.99. The van der Waals surface area contributed by atoms with Crippen molar-refractivity contribution in [1.82, 2.24) is 9.88 Å². The monoisotopic (exact) mass is 259 g/mol. The van der Waals surface area contributed by atoms with Crippen LogP contribution < -0.4 is 15.9 Å². The summed E-state index contributed by atoms with van der Waals surface area (Å²) in [6.45, 7) is 1.31. The fourth-order valence-corrected chi connectivity index (χ4v) is 1.84. The maximum atomic E-state index is 11.4. The largest absolute Gasteiger partial charge is 0.381 e. The summed E-state index contributed by atoms with van der Waals surface area (Å²) in [5.74, 6) is -1.37. The van der Waals surface area contributed by atoms with Crippen LogP contribution in [0.4, 0.5) is 0 Å².